The van der Waals surface area contributed by atoms with Crippen molar-refractivity contribution in [1.82, 2.24) is 20.3 Å². The Bertz CT molecular complexity index is 552. The lowest BCUT2D eigenvalue weighted by Gasteiger charge is -2.14. The van der Waals surface area contributed by atoms with Crippen LogP contribution < -0.4 is 10.6 Å². The molecule has 20 heavy (non-hydrogen) atoms. The van der Waals surface area contributed by atoms with Gasteiger partial charge in [-0.2, -0.15) is 0 Å². The largest absolute Gasteiger partial charge is 0.383 e. The molecule has 1 unspecified atom stereocenters. The number of nitrogens with one attached hydrogen (secondary N) is 3. The first-order valence-corrected chi connectivity index (χ1v) is 6.70. The van der Waals surface area contributed by atoms with Gasteiger partial charge < -0.3 is 15.6 Å². The summed E-state index contributed by atoms with van der Waals surface area (Å²) < 4.78 is 0. The van der Waals surface area contributed by atoms with Gasteiger partial charge in [0.2, 0.25) is 0 Å². The van der Waals surface area contributed by atoms with Gasteiger partial charge in [-0.3, -0.25) is 9.78 Å². The summed E-state index contributed by atoms with van der Waals surface area (Å²) in [7, 11) is 0. The minimum Gasteiger partial charge on any atom is -0.383 e. The molecule has 0 aliphatic rings. The number of amides is 1. The summed E-state index contributed by atoms with van der Waals surface area (Å²) in [6, 6.07) is 1.53. The molecule has 0 spiro atoms. The van der Waals surface area contributed by atoms with Crippen molar-refractivity contribution in [1.29, 1.82) is 0 Å². The molecule has 2 aromatic rings. The number of imidazole rings is 1. The van der Waals surface area contributed by atoms with Gasteiger partial charge in [-0.1, -0.05) is 6.92 Å². The number of carbonyl (C=O) groups excluding carboxylic acids is 1. The highest BCUT2D eigenvalue weighted by Crippen LogP contribution is 2.15. The van der Waals surface area contributed by atoms with E-state index in [1.165, 1.54) is 0 Å². The van der Waals surface area contributed by atoms with Gasteiger partial charge in [-0.25, -0.2) is 4.98 Å². The van der Waals surface area contributed by atoms with Gasteiger partial charge in [0.1, 0.15) is 5.82 Å². The van der Waals surface area contributed by atoms with Gasteiger partial charge in [0.05, 0.1) is 23.5 Å². The normalized spacial score (nSPS) is 11.9. The Kier molecular flexibility index (Phi) is 4.70. The van der Waals surface area contributed by atoms with Crippen LogP contribution in [0.3, 0.4) is 0 Å². The first-order chi connectivity index (χ1) is 9.72. The van der Waals surface area contributed by atoms with Gasteiger partial charge in [0.25, 0.3) is 5.91 Å². The van der Waals surface area contributed by atoms with E-state index < -0.39 is 0 Å². The fraction of sp³-hybridized carbons (Fsp3) is 0.357. The van der Waals surface area contributed by atoms with E-state index in [0.717, 1.165) is 24.5 Å². The maximum Gasteiger partial charge on any atom is 0.254 e. The van der Waals surface area contributed by atoms with Crippen molar-refractivity contribution in [3.05, 3.63) is 42.2 Å². The number of anilines is 1. The minimum absolute atomic E-state index is 0.144. The number of pyridine rings is 1. The number of aromatic nitrogens is 3. The summed E-state index contributed by atoms with van der Waals surface area (Å²) >= 11 is 0. The fourth-order valence-corrected chi connectivity index (χ4v) is 1.85. The van der Waals surface area contributed by atoms with E-state index in [9.17, 15) is 4.79 Å². The van der Waals surface area contributed by atoms with E-state index >= 15 is 0 Å². The molecule has 2 rings (SSSR count). The molecule has 0 aliphatic heterocycles. The predicted octanol–water partition coefficient (Wildman–Crippen LogP) is 2.12. The van der Waals surface area contributed by atoms with E-state index in [1.807, 2.05) is 6.92 Å². The van der Waals surface area contributed by atoms with Crippen molar-refractivity contribution >= 4 is 11.6 Å². The monoisotopic (exact) mass is 273 g/mol. The second-order valence-corrected chi connectivity index (χ2v) is 4.52. The Hall–Kier alpha value is -2.37. The molecule has 1 amide bonds. The third-order valence-electron chi connectivity index (χ3n) is 2.91. The molecule has 0 bridgehead atoms. The molecule has 2 heterocycles. The predicted molar refractivity (Wildman–Crippen MR) is 77.5 cm³/mol. The minimum atomic E-state index is -0.176. The van der Waals surface area contributed by atoms with Crippen molar-refractivity contribution < 1.29 is 4.79 Å². The van der Waals surface area contributed by atoms with Crippen LogP contribution in [0.25, 0.3) is 0 Å². The van der Waals surface area contributed by atoms with Crippen molar-refractivity contribution in [2.75, 3.05) is 11.9 Å². The van der Waals surface area contributed by atoms with Gasteiger partial charge in [-0.15, -0.1) is 0 Å². The maximum atomic E-state index is 12.3. The number of carbonyl (C=O) groups is 1. The van der Waals surface area contributed by atoms with Crippen molar-refractivity contribution in [2.24, 2.45) is 0 Å². The SMILES string of the molecule is CCCNc1cnccc1C(=O)NC(C)c1ncc[nH]1. The Balaban J connectivity index is 2.09. The van der Waals surface area contributed by atoms with Crippen LogP contribution in [-0.4, -0.2) is 27.4 Å². The van der Waals surface area contributed by atoms with Gasteiger partial charge >= 0.3 is 0 Å². The lowest BCUT2D eigenvalue weighted by molar-refractivity contribution is 0.0939. The number of rotatable bonds is 6. The smallest absolute Gasteiger partial charge is 0.254 e. The fourth-order valence-electron chi connectivity index (χ4n) is 1.85. The summed E-state index contributed by atoms with van der Waals surface area (Å²) in [6.45, 7) is 4.76. The number of nitrogens with zero attached hydrogens (tertiary/aromatic N) is 2. The van der Waals surface area contributed by atoms with Crippen LogP contribution in [0.1, 0.15) is 42.5 Å². The number of hydrogen-bond acceptors (Lipinski definition) is 4. The average molecular weight is 273 g/mol. The van der Waals surface area contributed by atoms with Crippen LogP contribution in [0.4, 0.5) is 5.69 Å². The first kappa shape index (κ1) is 14.0. The number of H-pyrrole nitrogens is 1. The van der Waals surface area contributed by atoms with Crippen molar-refractivity contribution in [3.63, 3.8) is 0 Å². The zero-order valence-corrected chi connectivity index (χ0v) is 11.7. The summed E-state index contributed by atoms with van der Waals surface area (Å²) in [5.41, 5.74) is 1.34. The Morgan fingerprint density at radius 1 is 1.45 bits per heavy atom. The summed E-state index contributed by atoms with van der Waals surface area (Å²) in [5.74, 6) is 0.588. The molecular weight excluding hydrogens is 254 g/mol. The van der Waals surface area contributed by atoms with Crippen LogP contribution in [0, 0.1) is 0 Å². The lowest BCUT2D eigenvalue weighted by atomic mass is 10.2. The third kappa shape index (κ3) is 3.34. The molecule has 6 heteroatoms. The zero-order chi connectivity index (χ0) is 14.4. The third-order valence-corrected chi connectivity index (χ3v) is 2.91. The molecule has 0 aromatic carbocycles. The highest BCUT2D eigenvalue weighted by atomic mass is 16.1. The molecule has 0 aliphatic carbocycles. The van der Waals surface area contributed by atoms with E-state index in [2.05, 4.69) is 32.5 Å². The number of aromatic amines is 1. The van der Waals surface area contributed by atoms with Gasteiger partial charge in [-0.05, 0) is 19.4 Å². The molecule has 106 valence electrons. The zero-order valence-electron chi connectivity index (χ0n) is 11.7. The average Bonchev–Trinajstić information content (AvgIpc) is 2.99. The standard InChI is InChI=1S/C14H19N5O/c1-3-5-16-12-9-15-6-4-11(12)14(20)19-10(2)13-17-7-8-18-13/h4,6-10,16H,3,5H2,1-2H3,(H,17,18)(H,19,20). The maximum absolute atomic E-state index is 12.3. The first-order valence-electron chi connectivity index (χ1n) is 6.70. The molecule has 0 fully saturated rings. The van der Waals surface area contributed by atoms with Crippen LogP contribution in [0.15, 0.2) is 30.9 Å². The summed E-state index contributed by atoms with van der Waals surface area (Å²) in [6.07, 6.45) is 7.67. The van der Waals surface area contributed by atoms with Crippen LogP contribution in [-0.2, 0) is 0 Å². The molecule has 0 saturated carbocycles. The molecule has 3 N–H and O–H groups in total. The molecule has 2 aromatic heterocycles. The molecule has 6 nitrogen and oxygen atoms in total. The van der Waals surface area contributed by atoms with E-state index in [0.29, 0.717) is 5.56 Å². The Morgan fingerprint density at radius 2 is 2.30 bits per heavy atom. The number of hydrogen-bond donors (Lipinski definition) is 3. The van der Waals surface area contributed by atoms with Crippen molar-refractivity contribution in [3.8, 4) is 0 Å². The van der Waals surface area contributed by atoms with Crippen LogP contribution in [0.5, 0.6) is 0 Å². The summed E-state index contributed by atoms with van der Waals surface area (Å²) in [5, 5.41) is 6.12. The highest BCUT2D eigenvalue weighted by Gasteiger charge is 2.15. The van der Waals surface area contributed by atoms with E-state index in [-0.39, 0.29) is 11.9 Å². The quantitative estimate of drug-likeness (QED) is 0.753. The summed E-state index contributed by atoms with van der Waals surface area (Å²) in [4.78, 5) is 23.5. The second kappa shape index (κ2) is 6.70. The van der Waals surface area contributed by atoms with E-state index in [1.54, 1.807) is 30.9 Å². The van der Waals surface area contributed by atoms with Crippen molar-refractivity contribution in [2.45, 2.75) is 26.3 Å². The molecule has 0 radical (unpaired) electrons. The highest BCUT2D eigenvalue weighted by molar-refractivity contribution is 5.99. The van der Waals surface area contributed by atoms with Crippen LogP contribution in [0.2, 0.25) is 0 Å². The Morgan fingerprint density at radius 3 is 3.00 bits per heavy atom. The lowest BCUT2D eigenvalue weighted by Crippen LogP contribution is -2.28. The second-order valence-electron chi connectivity index (χ2n) is 4.52. The Labute approximate surface area is 118 Å². The van der Waals surface area contributed by atoms with Crippen LogP contribution >= 0.6 is 0 Å². The molecule has 0 saturated heterocycles. The van der Waals surface area contributed by atoms with Gasteiger partial charge in [0.15, 0.2) is 0 Å². The van der Waals surface area contributed by atoms with E-state index in [4.69, 9.17) is 0 Å². The molecule has 1 atom stereocenters. The molecular formula is C14H19N5O. The van der Waals surface area contributed by atoms with Gasteiger partial charge in [0, 0.05) is 25.1 Å². The topological polar surface area (TPSA) is 82.7 Å².